The molecule has 1 rings (SSSR count). The Kier molecular flexibility index (Phi) is 4.54. The van der Waals surface area contributed by atoms with E-state index in [1.54, 1.807) is 11.4 Å². The van der Waals surface area contributed by atoms with Gasteiger partial charge in [0.25, 0.3) is 5.91 Å². The Labute approximate surface area is 101 Å². The molecule has 0 aliphatic heterocycles. The Bertz CT molecular complexity index is 466. The number of ether oxygens (including phenoxy) is 1. The topological polar surface area (TPSA) is 62.1 Å². The maximum Gasteiger partial charge on any atom is 0.405 e. The van der Waals surface area contributed by atoms with Crippen molar-refractivity contribution in [3.05, 3.63) is 29.8 Å². The zero-order chi connectivity index (χ0) is 13.6. The van der Waals surface area contributed by atoms with Gasteiger partial charge >= 0.3 is 6.18 Å². The Morgan fingerprint density at radius 1 is 1.44 bits per heavy atom. The van der Waals surface area contributed by atoms with E-state index in [9.17, 15) is 18.0 Å². The number of carbonyl (C=O) groups excluding carboxylic acids is 1. The van der Waals surface area contributed by atoms with Gasteiger partial charge in [-0.15, -0.1) is 0 Å². The summed E-state index contributed by atoms with van der Waals surface area (Å²) in [6, 6.07) is 7.84. The minimum atomic E-state index is -4.45. The van der Waals surface area contributed by atoms with Crippen molar-refractivity contribution < 1.29 is 22.7 Å². The number of alkyl halides is 3. The van der Waals surface area contributed by atoms with E-state index in [0.717, 1.165) is 0 Å². The van der Waals surface area contributed by atoms with Crippen molar-refractivity contribution in [2.24, 2.45) is 0 Å². The first-order valence-corrected chi connectivity index (χ1v) is 4.87. The molecule has 1 N–H and O–H groups in total. The lowest BCUT2D eigenvalue weighted by atomic mass is 10.2. The molecule has 7 heteroatoms. The van der Waals surface area contributed by atoms with Crippen LogP contribution in [0.2, 0.25) is 0 Å². The summed E-state index contributed by atoms with van der Waals surface area (Å²) in [6.45, 7) is -1.93. The average molecular weight is 258 g/mol. The number of halogens is 3. The summed E-state index contributed by atoms with van der Waals surface area (Å²) in [4.78, 5) is 11.0. The van der Waals surface area contributed by atoms with Gasteiger partial charge in [0.05, 0.1) is 11.6 Å². The van der Waals surface area contributed by atoms with Gasteiger partial charge < -0.3 is 10.1 Å². The first-order chi connectivity index (χ1) is 8.40. The molecular formula is C11H9F3N2O2. The SMILES string of the molecule is N#Cc1cccc(OCC(=O)NCC(F)(F)F)c1. The summed E-state index contributed by atoms with van der Waals surface area (Å²) in [5.41, 5.74) is 0.336. The second kappa shape index (κ2) is 5.91. The zero-order valence-corrected chi connectivity index (χ0v) is 9.12. The van der Waals surface area contributed by atoms with Crippen LogP contribution in [-0.2, 0) is 4.79 Å². The lowest BCUT2D eigenvalue weighted by Gasteiger charge is -2.09. The van der Waals surface area contributed by atoms with Crippen molar-refractivity contribution in [2.45, 2.75) is 6.18 Å². The quantitative estimate of drug-likeness (QED) is 0.892. The molecule has 0 heterocycles. The number of carbonyl (C=O) groups is 1. The largest absolute Gasteiger partial charge is 0.484 e. The Morgan fingerprint density at radius 3 is 2.78 bits per heavy atom. The summed E-state index contributed by atoms with van der Waals surface area (Å²) in [7, 11) is 0. The normalized spacial score (nSPS) is 10.6. The molecule has 1 aromatic rings. The maximum absolute atomic E-state index is 11.8. The Balaban J connectivity index is 2.41. The van der Waals surface area contributed by atoms with Crippen molar-refractivity contribution in [1.82, 2.24) is 5.32 Å². The molecule has 0 aromatic heterocycles. The van der Waals surface area contributed by atoms with E-state index >= 15 is 0 Å². The molecule has 96 valence electrons. The third-order valence-corrected chi connectivity index (χ3v) is 1.82. The molecule has 0 aliphatic carbocycles. The maximum atomic E-state index is 11.8. The summed E-state index contributed by atoms with van der Waals surface area (Å²) >= 11 is 0. The van der Waals surface area contributed by atoms with Crippen LogP contribution in [0, 0.1) is 11.3 Å². The van der Waals surface area contributed by atoms with Crippen molar-refractivity contribution in [2.75, 3.05) is 13.2 Å². The molecule has 0 unspecified atom stereocenters. The van der Waals surface area contributed by atoms with Crippen LogP contribution in [0.4, 0.5) is 13.2 Å². The highest BCUT2D eigenvalue weighted by atomic mass is 19.4. The van der Waals surface area contributed by atoms with Gasteiger partial charge in [0.2, 0.25) is 0 Å². The number of amides is 1. The number of hydrogen-bond donors (Lipinski definition) is 1. The van der Waals surface area contributed by atoms with Crippen molar-refractivity contribution in [1.29, 1.82) is 5.26 Å². The molecular weight excluding hydrogens is 249 g/mol. The fourth-order valence-corrected chi connectivity index (χ4v) is 1.05. The predicted molar refractivity (Wildman–Crippen MR) is 55.7 cm³/mol. The van der Waals surface area contributed by atoms with Crippen molar-refractivity contribution >= 4 is 5.91 Å². The van der Waals surface area contributed by atoms with E-state index < -0.39 is 25.2 Å². The molecule has 0 atom stereocenters. The van der Waals surface area contributed by atoms with E-state index in [1.807, 2.05) is 6.07 Å². The highest BCUT2D eigenvalue weighted by Gasteiger charge is 2.27. The van der Waals surface area contributed by atoms with Crippen LogP contribution in [0.5, 0.6) is 5.75 Å². The molecule has 0 spiro atoms. The van der Waals surface area contributed by atoms with Crippen LogP contribution in [0.3, 0.4) is 0 Å². The van der Waals surface area contributed by atoms with E-state index in [2.05, 4.69) is 0 Å². The molecule has 0 aliphatic rings. The molecule has 0 saturated carbocycles. The third-order valence-electron chi connectivity index (χ3n) is 1.82. The standard InChI is InChI=1S/C11H9F3N2O2/c12-11(13,14)7-16-10(17)6-18-9-3-1-2-8(4-9)5-15/h1-4H,6-7H2,(H,16,17). The average Bonchev–Trinajstić information content (AvgIpc) is 2.33. The minimum Gasteiger partial charge on any atom is -0.484 e. The number of nitrogens with one attached hydrogen (secondary N) is 1. The molecule has 0 bridgehead atoms. The number of rotatable bonds is 4. The summed E-state index contributed by atoms with van der Waals surface area (Å²) in [5, 5.41) is 10.3. The van der Waals surface area contributed by atoms with E-state index in [1.165, 1.54) is 18.2 Å². The van der Waals surface area contributed by atoms with Gasteiger partial charge in [-0.05, 0) is 18.2 Å². The smallest absolute Gasteiger partial charge is 0.405 e. The zero-order valence-electron chi connectivity index (χ0n) is 9.12. The van der Waals surface area contributed by atoms with Gasteiger partial charge in [-0.3, -0.25) is 4.79 Å². The molecule has 1 amide bonds. The first kappa shape index (κ1) is 13.8. The van der Waals surface area contributed by atoms with Crippen LogP contribution in [0.15, 0.2) is 24.3 Å². The van der Waals surface area contributed by atoms with E-state index in [4.69, 9.17) is 10.00 Å². The van der Waals surface area contributed by atoms with Crippen LogP contribution in [0.25, 0.3) is 0 Å². The van der Waals surface area contributed by atoms with Crippen molar-refractivity contribution in [3.63, 3.8) is 0 Å². The molecule has 0 radical (unpaired) electrons. The number of nitrogens with zero attached hydrogens (tertiary/aromatic N) is 1. The van der Waals surface area contributed by atoms with Gasteiger partial charge in [0.15, 0.2) is 6.61 Å². The van der Waals surface area contributed by atoms with E-state index in [-0.39, 0.29) is 5.75 Å². The van der Waals surface area contributed by atoms with Crippen LogP contribution < -0.4 is 10.1 Å². The minimum absolute atomic E-state index is 0.246. The van der Waals surface area contributed by atoms with Crippen LogP contribution in [0.1, 0.15) is 5.56 Å². The van der Waals surface area contributed by atoms with Gasteiger partial charge in [0, 0.05) is 0 Å². The lowest BCUT2D eigenvalue weighted by molar-refractivity contribution is -0.139. The molecule has 0 fully saturated rings. The van der Waals surface area contributed by atoms with Gasteiger partial charge in [-0.2, -0.15) is 18.4 Å². The van der Waals surface area contributed by atoms with Crippen LogP contribution in [-0.4, -0.2) is 25.2 Å². The van der Waals surface area contributed by atoms with E-state index in [0.29, 0.717) is 5.56 Å². The highest BCUT2D eigenvalue weighted by molar-refractivity contribution is 5.77. The highest BCUT2D eigenvalue weighted by Crippen LogP contribution is 2.13. The molecule has 18 heavy (non-hydrogen) atoms. The molecule has 1 aromatic carbocycles. The van der Waals surface area contributed by atoms with Gasteiger partial charge in [-0.25, -0.2) is 0 Å². The number of benzene rings is 1. The molecule has 4 nitrogen and oxygen atoms in total. The Hall–Kier alpha value is -2.23. The van der Waals surface area contributed by atoms with Crippen LogP contribution >= 0.6 is 0 Å². The predicted octanol–water partition coefficient (Wildman–Crippen LogP) is 1.62. The van der Waals surface area contributed by atoms with Crippen molar-refractivity contribution in [3.8, 4) is 11.8 Å². The summed E-state index contributed by atoms with van der Waals surface area (Å²) in [5.74, 6) is -0.633. The first-order valence-electron chi connectivity index (χ1n) is 4.87. The second-order valence-electron chi connectivity index (χ2n) is 3.32. The lowest BCUT2D eigenvalue weighted by Crippen LogP contribution is -2.36. The van der Waals surface area contributed by atoms with Gasteiger partial charge in [-0.1, -0.05) is 6.07 Å². The fourth-order valence-electron chi connectivity index (χ4n) is 1.05. The number of nitriles is 1. The monoisotopic (exact) mass is 258 g/mol. The molecule has 0 saturated heterocycles. The summed E-state index contributed by atoms with van der Waals surface area (Å²) < 4.78 is 40.3. The summed E-state index contributed by atoms with van der Waals surface area (Å²) in [6.07, 6.45) is -4.45. The number of hydrogen-bond acceptors (Lipinski definition) is 3. The second-order valence-corrected chi connectivity index (χ2v) is 3.32. The Morgan fingerprint density at radius 2 is 2.17 bits per heavy atom. The fraction of sp³-hybridized carbons (Fsp3) is 0.273. The van der Waals surface area contributed by atoms with Gasteiger partial charge in [0.1, 0.15) is 12.3 Å². The third kappa shape index (κ3) is 5.21.